The van der Waals surface area contributed by atoms with Crippen LogP contribution in [0.3, 0.4) is 0 Å². The number of para-hydroxylation sites is 1. The average Bonchev–Trinajstić information content (AvgIpc) is 2.95. The number of carbonyl (C=O) groups is 3. The third-order valence-corrected chi connectivity index (χ3v) is 4.46. The highest BCUT2D eigenvalue weighted by Gasteiger charge is 2.26. The maximum Gasteiger partial charge on any atom is 0.321 e. The Labute approximate surface area is 147 Å². The van der Waals surface area contributed by atoms with Gasteiger partial charge in [-0.25, -0.2) is 4.79 Å². The molecular formula is C15H16N6O3S. The number of aromatic nitrogens is 3. The molecule has 1 aliphatic rings. The van der Waals surface area contributed by atoms with Crippen molar-refractivity contribution in [3.63, 3.8) is 0 Å². The molecule has 10 heteroatoms. The fraction of sp³-hybridized carbons (Fsp3) is 0.267. The minimum absolute atomic E-state index is 0.0769. The summed E-state index contributed by atoms with van der Waals surface area (Å²) in [6.45, 7) is 0. The van der Waals surface area contributed by atoms with Crippen molar-refractivity contribution in [2.24, 2.45) is 5.73 Å². The van der Waals surface area contributed by atoms with Crippen molar-refractivity contribution < 1.29 is 14.4 Å². The van der Waals surface area contributed by atoms with Crippen molar-refractivity contribution in [1.29, 1.82) is 0 Å². The van der Waals surface area contributed by atoms with Crippen molar-refractivity contribution in [2.75, 3.05) is 5.75 Å². The molecule has 9 nitrogen and oxygen atoms in total. The zero-order valence-corrected chi connectivity index (χ0v) is 14.0. The van der Waals surface area contributed by atoms with E-state index in [-0.39, 0.29) is 24.1 Å². The average molecular weight is 360 g/mol. The van der Waals surface area contributed by atoms with Gasteiger partial charge < -0.3 is 11.1 Å². The molecule has 0 radical (unpaired) electrons. The largest absolute Gasteiger partial charge is 0.369 e. The molecule has 3 rings (SSSR count). The van der Waals surface area contributed by atoms with Gasteiger partial charge in [0, 0.05) is 24.6 Å². The summed E-state index contributed by atoms with van der Waals surface area (Å²) in [7, 11) is 0. The van der Waals surface area contributed by atoms with Crippen LogP contribution in [0.4, 0.5) is 4.79 Å². The third-order valence-electron chi connectivity index (χ3n) is 3.51. The summed E-state index contributed by atoms with van der Waals surface area (Å²) < 4.78 is 1.80. The van der Waals surface area contributed by atoms with E-state index in [2.05, 4.69) is 20.8 Å². The van der Waals surface area contributed by atoms with Crippen LogP contribution in [0.2, 0.25) is 0 Å². The number of carbonyl (C=O) groups excluding carboxylic acids is 3. The molecule has 130 valence electrons. The lowest BCUT2D eigenvalue weighted by atomic mass is 10.1. The lowest BCUT2D eigenvalue weighted by Gasteiger charge is -2.23. The highest BCUT2D eigenvalue weighted by atomic mass is 32.2. The summed E-state index contributed by atoms with van der Waals surface area (Å²) in [5.74, 6) is -0.125. The molecule has 1 aliphatic heterocycles. The molecule has 2 aromatic rings. The first-order chi connectivity index (χ1) is 12.0. The third kappa shape index (κ3) is 4.15. The minimum Gasteiger partial charge on any atom is -0.369 e. The number of hydrogen-bond acceptors (Lipinski definition) is 6. The maximum absolute atomic E-state index is 11.5. The Morgan fingerprint density at radius 3 is 2.72 bits per heavy atom. The number of imide groups is 1. The topological polar surface area (TPSA) is 132 Å². The van der Waals surface area contributed by atoms with Crippen LogP contribution in [0.15, 0.2) is 35.5 Å². The van der Waals surface area contributed by atoms with Crippen LogP contribution in [0.5, 0.6) is 0 Å². The number of thioether (sulfide) groups is 1. The van der Waals surface area contributed by atoms with Gasteiger partial charge in [0.1, 0.15) is 5.82 Å². The molecule has 4 N–H and O–H groups in total. The Hall–Kier alpha value is -2.88. The van der Waals surface area contributed by atoms with E-state index in [1.54, 1.807) is 4.57 Å². The van der Waals surface area contributed by atoms with Gasteiger partial charge in [-0.3, -0.25) is 19.5 Å². The first kappa shape index (κ1) is 17.0. The van der Waals surface area contributed by atoms with Crippen LogP contribution in [0.25, 0.3) is 5.69 Å². The molecule has 1 atom stereocenters. The predicted octanol–water partition coefficient (Wildman–Crippen LogP) is -0.0147. The number of nitrogens with one attached hydrogen (secondary N) is 2. The number of nitrogens with two attached hydrogens (primary N) is 1. The number of amides is 4. The van der Waals surface area contributed by atoms with Crippen molar-refractivity contribution in [3.05, 3.63) is 36.2 Å². The van der Waals surface area contributed by atoms with Crippen LogP contribution in [-0.2, 0) is 16.0 Å². The summed E-state index contributed by atoms with van der Waals surface area (Å²) in [6, 6.07) is 8.50. The second kappa shape index (κ2) is 7.34. The quantitative estimate of drug-likeness (QED) is 0.621. The number of benzene rings is 1. The monoisotopic (exact) mass is 360 g/mol. The van der Waals surface area contributed by atoms with Crippen LogP contribution in [0.1, 0.15) is 12.2 Å². The molecule has 1 aromatic carbocycles. The summed E-state index contributed by atoms with van der Waals surface area (Å²) in [6.07, 6.45) is 0.495. The first-order valence-corrected chi connectivity index (χ1v) is 8.52. The summed E-state index contributed by atoms with van der Waals surface area (Å²) in [5, 5.41) is 13.7. The van der Waals surface area contributed by atoms with E-state index in [1.165, 1.54) is 11.8 Å². The van der Waals surface area contributed by atoms with Gasteiger partial charge in [-0.05, 0) is 12.1 Å². The second-order valence-corrected chi connectivity index (χ2v) is 6.39. The van der Waals surface area contributed by atoms with Crippen LogP contribution in [0, 0.1) is 0 Å². The standard InChI is InChI=1S/C15H16N6O3S/c16-11(22)8-25-15-20-19-12(21(15)10-4-2-1-3-5-10)6-9-7-13(23)18-14(24)17-9/h1-5,9H,6-8H2,(H2,16,22)(H2,17,18,23,24). The highest BCUT2D eigenvalue weighted by Crippen LogP contribution is 2.23. The van der Waals surface area contributed by atoms with E-state index in [1.807, 2.05) is 30.3 Å². The van der Waals surface area contributed by atoms with Gasteiger partial charge in [0.15, 0.2) is 5.16 Å². The van der Waals surface area contributed by atoms with Crippen molar-refractivity contribution >= 4 is 29.6 Å². The van der Waals surface area contributed by atoms with Gasteiger partial charge in [-0.1, -0.05) is 30.0 Å². The van der Waals surface area contributed by atoms with E-state index >= 15 is 0 Å². The fourth-order valence-electron chi connectivity index (χ4n) is 2.52. The van der Waals surface area contributed by atoms with Gasteiger partial charge in [-0.15, -0.1) is 10.2 Å². The smallest absolute Gasteiger partial charge is 0.321 e. The van der Waals surface area contributed by atoms with Gasteiger partial charge >= 0.3 is 6.03 Å². The minimum atomic E-state index is -0.518. The second-order valence-electron chi connectivity index (χ2n) is 5.45. The van der Waals surface area contributed by atoms with Crippen molar-refractivity contribution in [3.8, 4) is 5.69 Å². The molecule has 1 aromatic heterocycles. The molecule has 0 saturated carbocycles. The Kier molecular flexibility index (Phi) is 4.98. The molecule has 1 unspecified atom stereocenters. The molecule has 25 heavy (non-hydrogen) atoms. The van der Waals surface area contributed by atoms with Gasteiger partial charge in [0.25, 0.3) is 0 Å². The highest BCUT2D eigenvalue weighted by molar-refractivity contribution is 7.99. The molecule has 2 heterocycles. The maximum atomic E-state index is 11.5. The van der Waals surface area contributed by atoms with E-state index in [9.17, 15) is 14.4 Å². The van der Waals surface area contributed by atoms with Crippen LogP contribution in [-0.4, -0.2) is 44.4 Å². The number of nitrogens with zero attached hydrogens (tertiary/aromatic N) is 3. The Morgan fingerprint density at radius 2 is 2.04 bits per heavy atom. The van der Waals surface area contributed by atoms with E-state index in [4.69, 9.17) is 5.73 Å². The van der Waals surface area contributed by atoms with E-state index in [0.717, 1.165) is 5.69 Å². The number of urea groups is 1. The molecular weight excluding hydrogens is 344 g/mol. The lowest BCUT2D eigenvalue weighted by molar-refractivity contribution is -0.121. The van der Waals surface area contributed by atoms with E-state index < -0.39 is 11.9 Å². The zero-order valence-electron chi connectivity index (χ0n) is 13.1. The zero-order chi connectivity index (χ0) is 17.8. The van der Waals surface area contributed by atoms with Gasteiger partial charge in [0.05, 0.1) is 5.75 Å². The van der Waals surface area contributed by atoms with Crippen LogP contribution < -0.4 is 16.4 Å². The first-order valence-electron chi connectivity index (χ1n) is 7.54. The SMILES string of the molecule is NC(=O)CSc1nnc(CC2CC(=O)NC(=O)N2)n1-c1ccccc1. The summed E-state index contributed by atoms with van der Waals surface area (Å²) in [5.41, 5.74) is 6.03. The van der Waals surface area contributed by atoms with Gasteiger partial charge in [-0.2, -0.15) is 0 Å². The fourth-order valence-corrected chi connectivity index (χ4v) is 3.23. The normalized spacial score (nSPS) is 17.0. The van der Waals surface area contributed by atoms with Crippen LogP contribution >= 0.6 is 11.8 Å². The van der Waals surface area contributed by atoms with E-state index in [0.29, 0.717) is 17.4 Å². The molecule has 0 bridgehead atoms. The molecule has 1 saturated heterocycles. The van der Waals surface area contributed by atoms with Crippen molar-refractivity contribution in [2.45, 2.75) is 24.0 Å². The molecule has 0 spiro atoms. The number of rotatable bonds is 6. The summed E-state index contributed by atoms with van der Waals surface area (Å²) in [4.78, 5) is 34.1. The number of primary amides is 1. The summed E-state index contributed by atoms with van der Waals surface area (Å²) >= 11 is 1.18. The van der Waals surface area contributed by atoms with Gasteiger partial charge in [0.2, 0.25) is 11.8 Å². The number of hydrogen-bond donors (Lipinski definition) is 3. The predicted molar refractivity (Wildman–Crippen MR) is 90.1 cm³/mol. The molecule has 1 fully saturated rings. The Balaban J connectivity index is 1.89. The molecule has 4 amide bonds. The van der Waals surface area contributed by atoms with Crippen molar-refractivity contribution in [1.82, 2.24) is 25.4 Å². The lowest BCUT2D eigenvalue weighted by Crippen LogP contribution is -2.53. The molecule has 0 aliphatic carbocycles. The Morgan fingerprint density at radius 1 is 1.28 bits per heavy atom. The Bertz CT molecular complexity index is 791.